The highest BCUT2D eigenvalue weighted by atomic mass is 32.2. The number of hydrogen-bond donors (Lipinski definition) is 3. The van der Waals surface area contributed by atoms with E-state index in [1.807, 2.05) is 42.5 Å². The average molecular weight is 590 g/mol. The first kappa shape index (κ1) is 28.7. The Hall–Kier alpha value is -3.38. The fourth-order valence-corrected chi connectivity index (χ4v) is 7.12. The van der Waals surface area contributed by atoms with Crippen LogP contribution in [0, 0.1) is 0 Å². The number of ether oxygens (including phenoxy) is 2. The van der Waals surface area contributed by atoms with Crippen molar-refractivity contribution in [2.24, 2.45) is 0 Å². The SMILES string of the molecule is O=S(=O)(Nc1cccc(C2OC(CN3CCCC3CO)CC(c3ccc(CO)cc3)O2)c1)c1cccc2cccnc12. The molecule has 0 saturated carbocycles. The molecule has 0 spiro atoms. The van der Waals surface area contributed by atoms with Crippen LogP contribution < -0.4 is 4.72 Å². The number of aliphatic hydroxyl groups excluding tert-OH is 2. The Balaban J connectivity index is 1.26. The Bertz CT molecular complexity index is 1630. The first-order chi connectivity index (χ1) is 20.4. The van der Waals surface area contributed by atoms with Gasteiger partial charge in [-0.25, -0.2) is 8.42 Å². The third-order valence-corrected chi connectivity index (χ3v) is 9.47. The number of fused-ring (bicyclic) bond motifs is 1. The van der Waals surface area contributed by atoms with Crippen LogP contribution in [-0.4, -0.2) is 60.4 Å². The third-order valence-electron chi connectivity index (χ3n) is 8.06. The van der Waals surface area contributed by atoms with Gasteiger partial charge in [-0.2, -0.15) is 0 Å². The zero-order chi connectivity index (χ0) is 29.1. The van der Waals surface area contributed by atoms with Gasteiger partial charge >= 0.3 is 0 Å². The molecule has 2 aliphatic rings. The molecule has 220 valence electrons. The van der Waals surface area contributed by atoms with Gasteiger partial charge in [-0.3, -0.25) is 14.6 Å². The maximum absolute atomic E-state index is 13.4. The van der Waals surface area contributed by atoms with E-state index in [2.05, 4.69) is 14.6 Å². The lowest BCUT2D eigenvalue weighted by atomic mass is 9.99. The lowest BCUT2D eigenvalue weighted by molar-refractivity contribution is -0.253. The largest absolute Gasteiger partial charge is 0.395 e. The molecule has 42 heavy (non-hydrogen) atoms. The van der Waals surface area contributed by atoms with Gasteiger partial charge in [-0.05, 0) is 54.8 Å². The zero-order valence-corrected chi connectivity index (χ0v) is 24.0. The number of aliphatic hydroxyl groups is 2. The molecule has 2 aliphatic heterocycles. The summed E-state index contributed by atoms with van der Waals surface area (Å²) in [6, 6.07) is 23.6. The normalized spacial score (nSPS) is 23.3. The maximum atomic E-state index is 13.4. The molecule has 9 nitrogen and oxygen atoms in total. The summed E-state index contributed by atoms with van der Waals surface area (Å²) in [7, 11) is -3.93. The highest BCUT2D eigenvalue weighted by Crippen LogP contribution is 2.39. The molecule has 10 heteroatoms. The summed E-state index contributed by atoms with van der Waals surface area (Å²) in [5, 5.41) is 20.1. The number of rotatable bonds is 9. The second kappa shape index (κ2) is 12.5. The maximum Gasteiger partial charge on any atom is 0.264 e. The van der Waals surface area contributed by atoms with Crippen LogP contribution in [0.25, 0.3) is 10.9 Å². The number of aromatic nitrogens is 1. The summed E-state index contributed by atoms with van der Waals surface area (Å²) in [4.78, 5) is 6.68. The van der Waals surface area contributed by atoms with Gasteiger partial charge in [-0.15, -0.1) is 0 Å². The molecule has 0 amide bonds. The Morgan fingerprint density at radius 3 is 2.57 bits per heavy atom. The van der Waals surface area contributed by atoms with Crippen LogP contribution in [0.3, 0.4) is 0 Å². The molecular weight excluding hydrogens is 554 g/mol. The predicted molar refractivity (Wildman–Crippen MR) is 159 cm³/mol. The van der Waals surface area contributed by atoms with Gasteiger partial charge in [0.05, 0.1) is 30.9 Å². The monoisotopic (exact) mass is 589 g/mol. The molecule has 4 unspecified atom stereocenters. The van der Waals surface area contributed by atoms with Gasteiger partial charge in [0.2, 0.25) is 0 Å². The van der Waals surface area contributed by atoms with E-state index >= 15 is 0 Å². The number of benzene rings is 3. The summed E-state index contributed by atoms with van der Waals surface area (Å²) < 4.78 is 42.5. The van der Waals surface area contributed by atoms with E-state index in [-0.39, 0.29) is 36.4 Å². The first-order valence-corrected chi connectivity index (χ1v) is 15.7. The second-order valence-electron chi connectivity index (χ2n) is 10.9. The highest BCUT2D eigenvalue weighted by Gasteiger charge is 2.35. The highest BCUT2D eigenvalue weighted by molar-refractivity contribution is 7.93. The van der Waals surface area contributed by atoms with Crippen LogP contribution in [0.5, 0.6) is 0 Å². The van der Waals surface area contributed by atoms with E-state index in [1.165, 1.54) is 0 Å². The van der Waals surface area contributed by atoms with E-state index in [1.54, 1.807) is 42.6 Å². The third kappa shape index (κ3) is 6.19. The fraction of sp³-hybridized carbons (Fsp3) is 0.344. The quantitative estimate of drug-likeness (QED) is 0.261. The van der Waals surface area contributed by atoms with Gasteiger partial charge in [0.1, 0.15) is 4.90 Å². The molecule has 0 bridgehead atoms. The summed E-state index contributed by atoms with van der Waals surface area (Å²) in [5.74, 6) is 0. The number of anilines is 1. The minimum Gasteiger partial charge on any atom is -0.395 e. The first-order valence-electron chi connectivity index (χ1n) is 14.3. The Morgan fingerprint density at radius 2 is 1.76 bits per heavy atom. The van der Waals surface area contributed by atoms with Gasteiger partial charge in [0.15, 0.2) is 6.29 Å². The molecule has 1 aromatic heterocycles. The summed E-state index contributed by atoms with van der Waals surface area (Å²) in [5.41, 5.74) is 3.28. The van der Waals surface area contributed by atoms with Gasteiger partial charge < -0.3 is 19.7 Å². The average Bonchev–Trinajstić information content (AvgIpc) is 3.47. The summed E-state index contributed by atoms with van der Waals surface area (Å²) in [6.07, 6.45) is 3.05. The van der Waals surface area contributed by atoms with E-state index in [4.69, 9.17) is 9.47 Å². The van der Waals surface area contributed by atoms with Crippen LogP contribution in [0.1, 0.15) is 48.3 Å². The molecule has 2 fully saturated rings. The van der Waals surface area contributed by atoms with E-state index < -0.39 is 16.3 Å². The molecular formula is C32H35N3O6S. The van der Waals surface area contributed by atoms with Crippen molar-refractivity contribution in [3.63, 3.8) is 0 Å². The number of hydrogen-bond acceptors (Lipinski definition) is 8. The predicted octanol–water partition coefficient (Wildman–Crippen LogP) is 4.53. The lowest BCUT2D eigenvalue weighted by Crippen LogP contribution is -2.42. The van der Waals surface area contributed by atoms with Crippen LogP contribution in [0.2, 0.25) is 0 Å². The van der Waals surface area contributed by atoms with Crippen LogP contribution in [-0.2, 0) is 26.1 Å². The topological polar surface area (TPSA) is 121 Å². The Morgan fingerprint density at radius 1 is 0.952 bits per heavy atom. The van der Waals surface area contributed by atoms with Crippen molar-refractivity contribution in [1.29, 1.82) is 0 Å². The zero-order valence-electron chi connectivity index (χ0n) is 23.2. The van der Waals surface area contributed by atoms with Gasteiger partial charge in [-0.1, -0.05) is 54.6 Å². The standard InChI is InChI=1S/C32H35N3O6S/c36-20-22-11-13-23(14-12-22)29-18-28(19-35-16-4-9-27(35)21-37)40-32(41-29)25-6-1-8-26(17-25)34-42(38,39)30-10-2-5-24-7-3-15-33-31(24)30/h1-3,5-8,10-15,17,27-29,32,34,36-37H,4,9,16,18-21H2. The summed E-state index contributed by atoms with van der Waals surface area (Å²) >= 11 is 0. The van der Waals surface area contributed by atoms with Crippen LogP contribution in [0.15, 0.2) is 90.0 Å². The lowest BCUT2D eigenvalue weighted by Gasteiger charge is -2.38. The van der Waals surface area contributed by atoms with Crippen molar-refractivity contribution in [3.05, 3.63) is 102 Å². The number of pyridine rings is 1. The molecule has 3 N–H and O–H groups in total. The van der Waals surface area contributed by atoms with Crippen molar-refractivity contribution in [2.75, 3.05) is 24.4 Å². The van der Waals surface area contributed by atoms with Crippen LogP contribution >= 0.6 is 0 Å². The van der Waals surface area contributed by atoms with Crippen LogP contribution in [0.4, 0.5) is 5.69 Å². The summed E-state index contributed by atoms with van der Waals surface area (Å²) in [6.45, 7) is 1.66. The molecule has 2 saturated heterocycles. The number of nitrogens with zero attached hydrogens (tertiary/aromatic N) is 2. The fourth-order valence-electron chi connectivity index (χ4n) is 5.89. The Labute approximate surface area is 245 Å². The van der Waals surface area contributed by atoms with Crippen molar-refractivity contribution in [3.8, 4) is 0 Å². The molecule has 4 atom stereocenters. The van der Waals surface area contributed by atoms with Gasteiger partial charge in [0, 0.05) is 41.8 Å². The molecule has 3 aromatic carbocycles. The number of para-hydroxylation sites is 1. The van der Waals surface area contributed by atoms with Crippen molar-refractivity contribution in [1.82, 2.24) is 9.88 Å². The molecule has 4 aromatic rings. The minimum atomic E-state index is -3.93. The number of likely N-dealkylation sites (tertiary alicyclic amines) is 1. The van der Waals surface area contributed by atoms with Crippen molar-refractivity contribution >= 4 is 26.6 Å². The molecule has 0 aliphatic carbocycles. The smallest absolute Gasteiger partial charge is 0.264 e. The van der Waals surface area contributed by atoms with E-state index in [9.17, 15) is 18.6 Å². The molecule has 3 heterocycles. The van der Waals surface area contributed by atoms with Crippen molar-refractivity contribution < 1.29 is 28.1 Å². The van der Waals surface area contributed by atoms with E-state index in [0.29, 0.717) is 29.7 Å². The second-order valence-corrected chi connectivity index (χ2v) is 12.5. The number of sulfonamides is 1. The Kier molecular flexibility index (Phi) is 8.53. The van der Waals surface area contributed by atoms with Crippen molar-refractivity contribution in [2.45, 2.75) is 55.3 Å². The van der Waals surface area contributed by atoms with Gasteiger partial charge in [0.25, 0.3) is 10.0 Å². The number of nitrogens with one attached hydrogen (secondary N) is 1. The van der Waals surface area contributed by atoms with E-state index in [0.717, 1.165) is 35.9 Å². The molecule has 0 radical (unpaired) electrons. The molecule has 6 rings (SSSR count). The minimum absolute atomic E-state index is 0.0325.